The van der Waals surface area contributed by atoms with Crippen molar-refractivity contribution >= 4 is 23.4 Å². The monoisotopic (exact) mass is 516 g/mol. The van der Waals surface area contributed by atoms with Crippen molar-refractivity contribution < 1.29 is 24.1 Å². The summed E-state index contributed by atoms with van der Waals surface area (Å²) in [6.07, 6.45) is -0.628. The van der Waals surface area contributed by atoms with Crippen LogP contribution in [0, 0.1) is 6.92 Å². The highest BCUT2D eigenvalue weighted by atomic mass is 32.2. The minimum atomic E-state index is -1.07. The number of rotatable bonds is 8. The fourth-order valence-electron chi connectivity index (χ4n) is 3.80. The van der Waals surface area contributed by atoms with E-state index in [1.54, 1.807) is 18.2 Å². The van der Waals surface area contributed by atoms with Gasteiger partial charge in [-0.05, 0) is 36.8 Å². The van der Waals surface area contributed by atoms with E-state index in [9.17, 15) is 4.79 Å². The molecule has 0 unspecified atom stereocenters. The number of aryl methyl sites for hydroxylation is 1. The first kappa shape index (κ1) is 24.4. The zero-order valence-corrected chi connectivity index (χ0v) is 21.0. The molecule has 0 radical (unpaired) electrons. The molecule has 0 fully saturated rings. The van der Waals surface area contributed by atoms with Crippen LogP contribution in [-0.2, 0) is 10.5 Å². The van der Waals surface area contributed by atoms with E-state index in [1.165, 1.54) is 24.4 Å². The Morgan fingerprint density at radius 1 is 1.08 bits per heavy atom. The number of nitrogens with one attached hydrogen (secondary N) is 1. The molecular formula is C27H24N4O5S. The number of para-hydroxylation sites is 1. The Morgan fingerprint density at radius 3 is 2.68 bits per heavy atom. The van der Waals surface area contributed by atoms with Crippen LogP contribution < -0.4 is 19.5 Å². The number of anilines is 1. The lowest BCUT2D eigenvalue weighted by Crippen LogP contribution is -2.17. The summed E-state index contributed by atoms with van der Waals surface area (Å²) in [5.41, 5.74) is 5.28. The van der Waals surface area contributed by atoms with E-state index in [0.29, 0.717) is 34.0 Å². The number of ether oxygens (including phenoxy) is 3. The Kier molecular flexibility index (Phi) is 7.09. The molecule has 1 aliphatic rings. The lowest BCUT2D eigenvalue weighted by molar-refractivity contribution is -0.139. The molecule has 2 N–H and O–H groups in total. The third kappa shape index (κ3) is 5.59. The molecule has 0 amide bonds. The fourth-order valence-corrected chi connectivity index (χ4v) is 4.53. The highest BCUT2D eigenvalue weighted by Gasteiger charge is 2.27. The van der Waals surface area contributed by atoms with Gasteiger partial charge in [-0.1, -0.05) is 59.8 Å². The molecule has 1 aromatic heterocycles. The van der Waals surface area contributed by atoms with Crippen LogP contribution in [0.25, 0.3) is 11.3 Å². The lowest BCUT2D eigenvalue weighted by atomic mass is 10.1. The van der Waals surface area contributed by atoms with E-state index < -0.39 is 18.8 Å². The average molecular weight is 517 g/mol. The summed E-state index contributed by atoms with van der Waals surface area (Å²) in [6.45, 7) is 1.59. The molecule has 2 heterocycles. The van der Waals surface area contributed by atoms with Crippen molar-refractivity contribution in [2.75, 3.05) is 19.0 Å². The third-order valence-corrected chi connectivity index (χ3v) is 6.57. The van der Waals surface area contributed by atoms with Crippen LogP contribution in [0.1, 0.15) is 22.9 Å². The van der Waals surface area contributed by atoms with Gasteiger partial charge < -0.3 is 24.6 Å². The number of benzene rings is 3. The van der Waals surface area contributed by atoms with Crippen molar-refractivity contribution in [2.45, 2.75) is 24.1 Å². The normalized spacial score (nSPS) is 13.8. The van der Waals surface area contributed by atoms with Gasteiger partial charge in [-0.3, -0.25) is 0 Å². The summed E-state index contributed by atoms with van der Waals surface area (Å²) in [5.74, 6) is 0.692. The number of aromatic nitrogens is 3. The van der Waals surface area contributed by atoms with Gasteiger partial charge in [0.1, 0.15) is 0 Å². The Bertz CT molecular complexity index is 1430. The number of thioether (sulfide) groups is 1. The Hall–Kier alpha value is -4.31. The molecule has 10 heteroatoms. The van der Waals surface area contributed by atoms with Gasteiger partial charge in [-0.25, -0.2) is 4.79 Å². The molecule has 0 aliphatic carbocycles. The molecule has 0 saturated heterocycles. The van der Waals surface area contributed by atoms with Crippen LogP contribution in [0.2, 0.25) is 0 Å². The van der Waals surface area contributed by atoms with Crippen LogP contribution in [-0.4, -0.2) is 40.0 Å². The Morgan fingerprint density at radius 2 is 1.89 bits per heavy atom. The topological polar surface area (TPSA) is 116 Å². The summed E-state index contributed by atoms with van der Waals surface area (Å²) in [6, 6.07) is 21.2. The second-order valence-electron chi connectivity index (χ2n) is 8.30. The number of carbonyl (C=O) groups is 1. The number of carboxylic acids is 1. The number of carboxylic acid groups (broad SMARTS) is 1. The SMILES string of the molecule is COc1cc([C@H]2Nc3ccccc3-c3nnc(SCc4ccc(C)cc4)nc3O2)ccc1OCC(=O)O. The fraction of sp³-hybridized carbons (Fsp3) is 0.185. The van der Waals surface area contributed by atoms with Gasteiger partial charge in [0.25, 0.3) is 0 Å². The number of fused-ring (bicyclic) bond motifs is 3. The summed E-state index contributed by atoms with van der Waals surface area (Å²) >= 11 is 1.48. The van der Waals surface area contributed by atoms with E-state index >= 15 is 0 Å². The number of methoxy groups -OCH3 is 1. The van der Waals surface area contributed by atoms with Crippen molar-refractivity contribution in [2.24, 2.45) is 0 Å². The Balaban J connectivity index is 1.45. The molecule has 9 nitrogen and oxygen atoms in total. The summed E-state index contributed by atoms with van der Waals surface area (Å²) in [7, 11) is 1.49. The Labute approximate surface area is 217 Å². The number of aliphatic carboxylic acids is 1. The van der Waals surface area contributed by atoms with Crippen molar-refractivity contribution in [1.29, 1.82) is 0 Å². The first-order chi connectivity index (χ1) is 18.0. The average Bonchev–Trinajstić information content (AvgIpc) is 3.08. The van der Waals surface area contributed by atoms with Crippen molar-refractivity contribution in [3.8, 4) is 28.6 Å². The quantitative estimate of drug-likeness (QED) is 0.306. The summed E-state index contributed by atoms with van der Waals surface area (Å²) < 4.78 is 17.1. The van der Waals surface area contributed by atoms with Crippen molar-refractivity contribution in [1.82, 2.24) is 15.2 Å². The predicted octanol–water partition coefficient (Wildman–Crippen LogP) is 5.11. The number of hydrogen-bond donors (Lipinski definition) is 2. The minimum Gasteiger partial charge on any atom is -0.493 e. The minimum absolute atomic E-state index is 0.321. The molecule has 1 atom stereocenters. The van der Waals surface area contributed by atoms with Crippen molar-refractivity contribution in [3.63, 3.8) is 0 Å². The highest BCUT2D eigenvalue weighted by Crippen LogP contribution is 2.41. The van der Waals surface area contributed by atoms with Crippen LogP contribution in [0.15, 0.2) is 71.9 Å². The van der Waals surface area contributed by atoms with E-state index in [-0.39, 0.29) is 0 Å². The predicted molar refractivity (Wildman–Crippen MR) is 139 cm³/mol. The largest absolute Gasteiger partial charge is 0.493 e. The van der Waals surface area contributed by atoms with Crippen molar-refractivity contribution in [3.05, 3.63) is 83.4 Å². The molecule has 5 rings (SSSR count). The molecular weight excluding hydrogens is 492 g/mol. The van der Waals surface area contributed by atoms with Gasteiger partial charge >= 0.3 is 5.97 Å². The molecule has 37 heavy (non-hydrogen) atoms. The molecule has 1 aliphatic heterocycles. The number of hydrogen-bond acceptors (Lipinski definition) is 9. The first-order valence-electron chi connectivity index (χ1n) is 11.5. The first-order valence-corrected chi connectivity index (χ1v) is 12.5. The van der Waals surface area contributed by atoms with E-state index in [1.807, 2.05) is 24.3 Å². The van der Waals surface area contributed by atoms with E-state index in [4.69, 9.17) is 24.3 Å². The van der Waals surface area contributed by atoms with Gasteiger partial charge in [0.2, 0.25) is 11.0 Å². The standard InChI is InChI=1S/C27H24N4O5S/c1-16-7-9-17(10-8-16)15-37-27-29-26-24(30-31-27)19-5-3-4-6-20(19)28-25(36-26)18-11-12-21(22(13-18)34-2)35-14-23(32)33/h3-13,25,28H,14-15H2,1-2H3,(H,32,33)/t25-/m0/s1. The highest BCUT2D eigenvalue weighted by molar-refractivity contribution is 7.98. The van der Waals surface area contributed by atoms with Gasteiger partial charge in [-0.2, -0.15) is 4.98 Å². The van der Waals surface area contributed by atoms with Gasteiger partial charge in [0, 0.05) is 22.6 Å². The molecule has 0 saturated carbocycles. The van der Waals surface area contributed by atoms with Gasteiger partial charge in [0.15, 0.2) is 30.0 Å². The number of nitrogens with zero attached hydrogens (tertiary/aromatic N) is 3. The maximum Gasteiger partial charge on any atom is 0.341 e. The summed E-state index contributed by atoms with van der Waals surface area (Å²) in [5, 5.41) is 21.7. The molecule has 4 aromatic rings. The van der Waals surface area contributed by atoms with E-state index in [0.717, 1.165) is 22.4 Å². The van der Waals surface area contributed by atoms with E-state index in [2.05, 4.69) is 46.7 Å². The molecule has 0 bridgehead atoms. The lowest BCUT2D eigenvalue weighted by Gasteiger charge is -2.20. The van der Waals surface area contributed by atoms with Gasteiger partial charge in [-0.15, -0.1) is 10.2 Å². The van der Waals surface area contributed by atoms with Gasteiger partial charge in [0.05, 0.1) is 7.11 Å². The second kappa shape index (κ2) is 10.8. The second-order valence-corrected chi connectivity index (χ2v) is 9.25. The zero-order valence-electron chi connectivity index (χ0n) is 20.2. The molecule has 188 valence electrons. The molecule has 0 spiro atoms. The molecule has 3 aromatic carbocycles. The van der Waals surface area contributed by atoms with Crippen LogP contribution in [0.3, 0.4) is 0 Å². The maximum absolute atomic E-state index is 10.9. The summed E-state index contributed by atoms with van der Waals surface area (Å²) in [4.78, 5) is 15.6. The smallest absolute Gasteiger partial charge is 0.341 e. The maximum atomic E-state index is 10.9. The third-order valence-electron chi connectivity index (χ3n) is 5.66. The zero-order chi connectivity index (χ0) is 25.8. The van der Waals surface area contributed by atoms with Crippen LogP contribution in [0.4, 0.5) is 5.69 Å². The van der Waals surface area contributed by atoms with Crippen LogP contribution >= 0.6 is 11.8 Å². The van der Waals surface area contributed by atoms with Crippen LogP contribution in [0.5, 0.6) is 17.4 Å².